The summed E-state index contributed by atoms with van der Waals surface area (Å²) in [4.78, 5) is 2.41. The molecule has 0 N–H and O–H groups in total. The highest BCUT2D eigenvalue weighted by molar-refractivity contribution is 6.12. The molecule has 0 saturated carbocycles. The van der Waals surface area contributed by atoms with Gasteiger partial charge in [0.25, 0.3) is 0 Å². The summed E-state index contributed by atoms with van der Waals surface area (Å²) in [5.41, 5.74) is 25.1. The number of fused-ring (bicyclic) bond motifs is 9. The van der Waals surface area contributed by atoms with Gasteiger partial charge in [-0.1, -0.05) is 172 Å². The summed E-state index contributed by atoms with van der Waals surface area (Å²) in [5.74, 6) is 0. The van der Waals surface area contributed by atoms with Gasteiger partial charge in [0.15, 0.2) is 0 Å². The van der Waals surface area contributed by atoms with Gasteiger partial charge in [0, 0.05) is 38.9 Å². The Hall–Kier alpha value is -8.20. The van der Waals surface area contributed by atoms with Crippen LogP contribution in [-0.4, -0.2) is 4.57 Å². The molecule has 10 aromatic carbocycles. The second-order valence-electron chi connectivity index (χ2n) is 18.5. The molecule has 0 bridgehead atoms. The van der Waals surface area contributed by atoms with Gasteiger partial charge in [-0.05, 0) is 157 Å². The number of nitrogens with zero attached hydrogens (tertiary/aromatic N) is 2. The van der Waals surface area contributed by atoms with Crippen LogP contribution in [0.4, 0.5) is 17.1 Å². The van der Waals surface area contributed by atoms with Crippen LogP contribution in [0.1, 0.15) is 36.1 Å². The number of hydrogen-bond donors (Lipinski definition) is 0. The van der Waals surface area contributed by atoms with Gasteiger partial charge in [-0.25, -0.2) is 0 Å². The largest absolute Gasteiger partial charge is 0.310 e. The molecule has 0 spiro atoms. The molecule has 1 aromatic heterocycles. The van der Waals surface area contributed by atoms with E-state index in [4.69, 9.17) is 0 Å². The van der Waals surface area contributed by atoms with Crippen molar-refractivity contribution in [3.63, 3.8) is 0 Å². The number of rotatable bonds is 7. The lowest BCUT2D eigenvalue weighted by Gasteiger charge is -2.27. The molecule has 0 saturated heterocycles. The SMILES string of the molecule is CC1(C)c2ccccc2-c2cc(N(c3ccc(-c4ccccc4)cc3)c3ccc(-c4ccc5c(c4)c4cc6c(cc4n5-c4ccc(-c5ccccc5)cc4)Cc4ccccc4-6)cc3)ccc21. The molecule has 66 heavy (non-hydrogen) atoms. The Morgan fingerprint density at radius 3 is 1.55 bits per heavy atom. The molecule has 2 aliphatic rings. The second kappa shape index (κ2) is 14.9. The maximum absolute atomic E-state index is 2.46. The lowest BCUT2D eigenvalue weighted by Crippen LogP contribution is -2.15. The summed E-state index contributed by atoms with van der Waals surface area (Å²) in [6, 6.07) is 85.3. The van der Waals surface area contributed by atoms with Crippen molar-refractivity contribution in [2.45, 2.75) is 25.7 Å². The molecule has 0 amide bonds. The first-order valence-electron chi connectivity index (χ1n) is 23.1. The minimum absolute atomic E-state index is 0.0563. The average molecular weight is 843 g/mol. The van der Waals surface area contributed by atoms with Crippen LogP contribution in [0.15, 0.2) is 231 Å². The zero-order chi connectivity index (χ0) is 43.9. The molecule has 312 valence electrons. The van der Waals surface area contributed by atoms with Crippen LogP contribution in [0.3, 0.4) is 0 Å². The molecular formula is C64H46N2. The van der Waals surface area contributed by atoms with E-state index in [-0.39, 0.29) is 5.41 Å². The van der Waals surface area contributed by atoms with Crippen LogP contribution in [0.2, 0.25) is 0 Å². The lowest BCUT2D eigenvalue weighted by molar-refractivity contribution is 0.660. The van der Waals surface area contributed by atoms with E-state index in [0.29, 0.717) is 0 Å². The van der Waals surface area contributed by atoms with E-state index in [1.165, 1.54) is 99.7 Å². The summed E-state index contributed by atoms with van der Waals surface area (Å²) in [6.45, 7) is 4.69. The van der Waals surface area contributed by atoms with Crippen molar-refractivity contribution in [2.75, 3.05) is 4.90 Å². The third-order valence-corrected chi connectivity index (χ3v) is 14.4. The molecule has 1 heterocycles. The Morgan fingerprint density at radius 2 is 0.864 bits per heavy atom. The van der Waals surface area contributed by atoms with Gasteiger partial charge in [-0.3, -0.25) is 0 Å². The number of aromatic nitrogens is 1. The number of anilines is 3. The van der Waals surface area contributed by atoms with Crippen molar-refractivity contribution < 1.29 is 0 Å². The molecule has 0 atom stereocenters. The van der Waals surface area contributed by atoms with Crippen LogP contribution < -0.4 is 4.90 Å². The number of hydrogen-bond acceptors (Lipinski definition) is 1. The highest BCUT2D eigenvalue weighted by Crippen LogP contribution is 2.51. The predicted molar refractivity (Wildman–Crippen MR) is 278 cm³/mol. The van der Waals surface area contributed by atoms with Crippen LogP contribution in [0.25, 0.3) is 83.1 Å². The summed E-state index contributed by atoms with van der Waals surface area (Å²) in [7, 11) is 0. The first-order valence-corrected chi connectivity index (χ1v) is 23.1. The first kappa shape index (κ1) is 38.3. The van der Waals surface area contributed by atoms with Crippen LogP contribution >= 0.6 is 0 Å². The highest BCUT2D eigenvalue weighted by Gasteiger charge is 2.35. The normalized spacial score (nSPS) is 13.1. The Balaban J connectivity index is 0.923. The third-order valence-electron chi connectivity index (χ3n) is 14.4. The van der Waals surface area contributed by atoms with Gasteiger partial charge in [0.2, 0.25) is 0 Å². The van der Waals surface area contributed by atoms with Gasteiger partial charge in [0.1, 0.15) is 0 Å². The van der Waals surface area contributed by atoms with E-state index in [1.807, 2.05) is 0 Å². The molecule has 0 aliphatic heterocycles. The highest BCUT2D eigenvalue weighted by atomic mass is 15.1. The van der Waals surface area contributed by atoms with Gasteiger partial charge in [-0.15, -0.1) is 0 Å². The fourth-order valence-electron chi connectivity index (χ4n) is 11.1. The zero-order valence-corrected chi connectivity index (χ0v) is 37.0. The average Bonchev–Trinajstić information content (AvgIpc) is 3.98. The minimum atomic E-state index is -0.0563. The molecule has 11 aromatic rings. The Bertz CT molecular complexity index is 3650. The molecular weight excluding hydrogens is 797 g/mol. The Kier molecular flexibility index (Phi) is 8.66. The van der Waals surface area contributed by atoms with Crippen molar-refractivity contribution in [1.29, 1.82) is 0 Å². The first-order chi connectivity index (χ1) is 32.5. The summed E-state index contributed by atoms with van der Waals surface area (Å²) in [5, 5.41) is 2.53. The van der Waals surface area contributed by atoms with Crippen molar-refractivity contribution in [3.8, 4) is 61.3 Å². The fraction of sp³-hybridized carbons (Fsp3) is 0.0625. The van der Waals surface area contributed by atoms with Crippen molar-refractivity contribution in [1.82, 2.24) is 4.57 Å². The molecule has 0 unspecified atom stereocenters. The van der Waals surface area contributed by atoms with Gasteiger partial charge < -0.3 is 9.47 Å². The van der Waals surface area contributed by atoms with Crippen LogP contribution in [0, 0.1) is 0 Å². The summed E-state index contributed by atoms with van der Waals surface area (Å²) >= 11 is 0. The Morgan fingerprint density at radius 1 is 0.348 bits per heavy atom. The van der Waals surface area contributed by atoms with Gasteiger partial charge in [0.05, 0.1) is 11.0 Å². The molecule has 2 aliphatic carbocycles. The van der Waals surface area contributed by atoms with E-state index in [2.05, 4.69) is 254 Å². The lowest BCUT2D eigenvalue weighted by atomic mass is 9.82. The van der Waals surface area contributed by atoms with E-state index in [1.54, 1.807) is 0 Å². The molecule has 0 fully saturated rings. The topological polar surface area (TPSA) is 8.17 Å². The maximum atomic E-state index is 2.46. The third kappa shape index (κ3) is 6.10. The number of benzene rings is 10. The summed E-state index contributed by atoms with van der Waals surface area (Å²) < 4.78 is 2.46. The summed E-state index contributed by atoms with van der Waals surface area (Å²) in [6.07, 6.45) is 0.957. The Labute approximate surface area is 386 Å². The molecule has 2 nitrogen and oxygen atoms in total. The van der Waals surface area contributed by atoms with Gasteiger partial charge >= 0.3 is 0 Å². The smallest absolute Gasteiger partial charge is 0.0544 e. The minimum Gasteiger partial charge on any atom is -0.310 e. The van der Waals surface area contributed by atoms with Crippen molar-refractivity contribution >= 4 is 38.9 Å². The quantitative estimate of drug-likeness (QED) is 0.155. The second-order valence-corrected chi connectivity index (χ2v) is 18.5. The van der Waals surface area contributed by atoms with Crippen LogP contribution in [-0.2, 0) is 11.8 Å². The predicted octanol–water partition coefficient (Wildman–Crippen LogP) is 17.1. The van der Waals surface area contributed by atoms with Crippen molar-refractivity contribution in [2.24, 2.45) is 0 Å². The fourth-order valence-corrected chi connectivity index (χ4v) is 11.1. The monoisotopic (exact) mass is 842 g/mol. The zero-order valence-electron chi connectivity index (χ0n) is 37.0. The molecule has 0 radical (unpaired) electrons. The van der Waals surface area contributed by atoms with E-state index >= 15 is 0 Å². The van der Waals surface area contributed by atoms with E-state index < -0.39 is 0 Å². The maximum Gasteiger partial charge on any atom is 0.0544 e. The van der Waals surface area contributed by atoms with Crippen molar-refractivity contribution in [3.05, 3.63) is 253 Å². The molecule has 13 rings (SSSR count). The van der Waals surface area contributed by atoms with E-state index in [9.17, 15) is 0 Å². The molecule has 2 heteroatoms. The van der Waals surface area contributed by atoms with E-state index in [0.717, 1.165) is 29.2 Å². The van der Waals surface area contributed by atoms with Crippen LogP contribution in [0.5, 0.6) is 0 Å². The standard InChI is InChI=1S/C64H46N2/c1-64(2)60-20-12-11-19-55(60)57-40-53(34-35-61(57)64)65(50-28-21-44(22-29-50)42-13-5-3-6-14-42)51-30-25-46(26-31-51)47-27-36-62-58(38-47)59-41-56-49(37-48-17-9-10-18-54(48)56)39-63(59)66(62)52-32-23-45(24-33-52)43-15-7-4-8-16-43/h3-36,38-41H,37H2,1-2H3. The van der Waals surface area contributed by atoms with Gasteiger partial charge in [-0.2, -0.15) is 0 Å².